The summed E-state index contributed by atoms with van der Waals surface area (Å²) in [5.74, 6) is -0.255. The second kappa shape index (κ2) is 5.99. The molecule has 0 fully saturated rings. The number of rotatable bonds is 4. The molecule has 100 valence electrons. The van der Waals surface area contributed by atoms with Crippen LogP contribution in [0.15, 0.2) is 18.2 Å². The molecule has 2 aromatic rings. The van der Waals surface area contributed by atoms with Gasteiger partial charge in [-0.3, -0.25) is 10.1 Å². The van der Waals surface area contributed by atoms with Crippen LogP contribution in [-0.4, -0.2) is 22.6 Å². The summed E-state index contributed by atoms with van der Waals surface area (Å²) in [4.78, 5) is 12.2. The molecule has 0 atom stereocenters. The number of halogens is 1. The molecule has 0 aliphatic carbocycles. The Hall–Kier alpha value is -1.66. The first-order valence-corrected chi connectivity index (χ1v) is 6.94. The summed E-state index contributed by atoms with van der Waals surface area (Å²) in [6.07, 6.45) is 0. The third-order valence-electron chi connectivity index (χ3n) is 2.34. The van der Waals surface area contributed by atoms with Crippen LogP contribution < -0.4 is 10.6 Å². The maximum Gasteiger partial charge on any atom is 0.259 e. The monoisotopic (exact) mass is 296 g/mol. The predicted molar refractivity (Wildman–Crippen MR) is 78.2 cm³/mol. The van der Waals surface area contributed by atoms with Gasteiger partial charge in [0, 0.05) is 17.3 Å². The van der Waals surface area contributed by atoms with E-state index in [2.05, 4.69) is 20.8 Å². The van der Waals surface area contributed by atoms with Crippen LogP contribution in [0.2, 0.25) is 5.02 Å². The van der Waals surface area contributed by atoms with E-state index in [1.165, 1.54) is 11.3 Å². The number of nitrogens with zero attached hydrogens (tertiary/aromatic N) is 2. The fourth-order valence-corrected chi connectivity index (χ4v) is 2.32. The average molecular weight is 297 g/mol. The Kier molecular flexibility index (Phi) is 4.34. The third kappa shape index (κ3) is 3.42. The molecule has 1 heterocycles. The molecule has 0 radical (unpaired) electrons. The molecule has 2 rings (SSSR count). The summed E-state index contributed by atoms with van der Waals surface area (Å²) in [6, 6.07) is 5.15. The smallest absolute Gasteiger partial charge is 0.259 e. The van der Waals surface area contributed by atoms with E-state index in [-0.39, 0.29) is 5.91 Å². The summed E-state index contributed by atoms with van der Waals surface area (Å²) in [5, 5.41) is 15.3. The fourth-order valence-electron chi connectivity index (χ4n) is 1.56. The molecule has 7 heteroatoms. The number of aryl methyl sites for hydroxylation is 1. The van der Waals surface area contributed by atoms with Crippen molar-refractivity contribution in [1.29, 1.82) is 0 Å². The van der Waals surface area contributed by atoms with E-state index < -0.39 is 0 Å². The Bertz CT molecular complexity index is 599. The Balaban J connectivity index is 2.24. The van der Waals surface area contributed by atoms with Crippen molar-refractivity contribution in [3.05, 3.63) is 33.8 Å². The zero-order chi connectivity index (χ0) is 13.8. The lowest BCUT2D eigenvalue weighted by Gasteiger charge is -2.10. The van der Waals surface area contributed by atoms with Crippen LogP contribution in [0.3, 0.4) is 0 Å². The van der Waals surface area contributed by atoms with Crippen LogP contribution in [0.1, 0.15) is 22.3 Å². The van der Waals surface area contributed by atoms with Gasteiger partial charge >= 0.3 is 0 Å². The molecular weight excluding hydrogens is 284 g/mol. The van der Waals surface area contributed by atoms with Gasteiger partial charge in [-0.15, -0.1) is 10.2 Å². The summed E-state index contributed by atoms with van der Waals surface area (Å²) in [5.41, 5.74) is 1.23. The van der Waals surface area contributed by atoms with Crippen molar-refractivity contribution in [2.24, 2.45) is 0 Å². The number of hydrogen-bond donors (Lipinski definition) is 2. The number of carbonyl (C=O) groups excluding carboxylic acids is 1. The van der Waals surface area contributed by atoms with Crippen molar-refractivity contribution in [2.45, 2.75) is 13.8 Å². The van der Waals surface area contributed by atoms with Gasteiger partial charge in [0.2, 0.25) is 5.13 Å². The van der Waals surface area contributed by atoms with Crippen LogP contribution in [-0.2, 0) is 0 Å². The van der Waals surface area contributed by atoms with Crippen molar-refractivity contribution in [3.8, 4) is 0 Å². The highest BCUT2D eigenvalue weighted by molar-refractivity contribution is 7.15. The highest BCUT2D eigenvalue weighted by Crippen LogP contribution is 2.22. The molecule has 2 N–H and O–H groups in total. The first-order chi connectivity index (χ1) is 9.10. The van der Waals surface area contributed by atoms with Crippen LogP contribution in [0.5, 0.6) is 0 Å². The number of benzene rings is 1. The highest BCUT2D eigenvalue weighted by atomic mass is 35.5. The van der Waals surface area contributed by atoms with Gasteiger partial charge in [-0.2, -0.15) is 0 Å². The first kappa shape index (κ1) is 13.8. The Morgan fingerprint density at radius 2 is 2.21 bits per heavy atom. The Morgan fingerprint density at radius 1 is 1.42 bits per heavy atom. The number of carbonyl (C=O) groups is 1. The lowest BCUT2D eigenvalue weighted by molar-refractivity contribution is 0.102. The minimum absolute atomic E-state index is 0.255. The minimum Gasteiger partial charge on any atom is -0.385 e. The number of hydrogen-bond acceptors (Lipinski definition) is 5. The second-order valence-electron chi connectivity index (χ2n) is 3.80. The number of amides is 1. The molecule has 1 aromatic heterocycles. The molecule has 0 unspecified atom stereocenters. The predicted octanol–water partition coefficient (Wildman–Crippen LogP) is 3.18. The first-order valence-electron chi connectivity index (χ1n) is 5.75. The summed E-state index contributed by atoms with van der Waals surface area (Å²) in [7, 11) is 0. The molecule has 0 bridgehead atoms. The second-order valence-corrected chi connectivity index (χ2v) is 5.42. The molecule has 0 saturated heterocycles. The molecule has 0 saturated carbocycles. The van der Waals surface area contributed by atoms with Gasteiger partial charge in [0.1, 0.15) is 5.01 Å². The number of nitrogens with one attached hydrogen (secondary N) is 2. The maximum absolute atomic E-state index is 12.2. The van der Waals surface area contributed by atoms with Crippen molar-refractivity contribution in [1.82, 2.24) is 10.2 Å². The van der Waals surface area contributed by atoms with Crippen LogP contribution >= 0.6 is 22.9 Å². The van der Waals surface area contributed by atoms with E-state index in [1.807, 2.05) is 13.8 Å². The van der Waals surface area contributed by atoms with E-state index in [0.29, 0.717) is 15.7 Å². The SMILES string of the molecule is CCNc1ccc(Cl)cc1C(=O)Nc1nnc(C)s1. The van der Waals surface area contributed by atoms with Gasteiger partial charge < -0.3 is 5.32 Å². The normalized spacial score (nSPS) is 10.3. The van der Waals surface area contributed by atoms with Gasteiger partial charge in [-0.1, -0.05) is 22.9 Å². The molecule has 1 aromatic carbocycles. The zero-order valence-corrected chi connectivity index (χ0v) is 12.1. The molecular formula is C12H13ClN4OS. The quantitative estimate of drug-likeness (QED) is 0.909. The summed E-state index contributed by atoms with van der Waals surface area (Å²) < 4.78 is 0. The number of aromatic nitrogens is 2. The van der Waals surface area contributed by atoms with Gasteiger partial charge in [-0.25, -0.2) is 0 Å². The molecule has 0 aliphatic heterocycles. The van der Waals surface area contributed by atoms with Crippen molar-refractivity contribution in [2.75, 3.05) is 17.2 Å². The molecule has 19 heavy (non-hydrogen) atoms. The fraction of sp³-hybridized carbons (Fsp3) is 0.250. The topological polar surface area (TPSA) is 66.9 Å². The van der Waals surface area contributed by atoms with Gasteiger partial charge in [0.25, 0.3) is 5.91 Å². The largest absolute Gasteiger partial charge is 0.385 e. The third-order valence-corrected chi connectivity index (χ3v) is 3.33. The summed E-state index contributed by atoms with van der Waals surface area (Å²) in [6.45, 7) is 4.51. The van der Waals surface area contributed by atoms with Crippen molar-refractivity contribution < 1.29 is 4.79 Å². The van der Waals surface area contributed by atoms with E-state index in [9.17, 15) is 4.79 Å². The van der Waals surface area contributed by atoms with E-state index in [4.69, 9.17) is 11.6 Å². The van der Waals surface area contributed by atoms with Crippen LogP contribution in [0.4, 0.5) is 10.8 Å². The number of anilines is 2. The van der Waals surface area contributed by atoms with E-state index in [1.54, 1.807) is 18.2 Å². The van der Waals surface area contributed by atoms with Crippen molar-refractivity contribution in [3.63, 3.8) is 0 Å². The van der Waals surface area contributed by atoms with E-state index in [0.717, 1.165) is 17.2 Å². The maximum atomic E-state index is 12.2. The highest BCUT2D eigenvalue weighted by Gasteiger charge is 2.13. The Labute approximate surface area is 120 Å². The standard InChI is InChI=1S/C12H13ClN4OS/c1-3-14-10-5-4-8(13)6-9(10)11(18)15-12-17-16-7(2)19-12/h4-6,14H,3H2,1-2H3,(H,15,17,18). The van der Waals surface area contributed by atoms with Crippen LogP contribution in [0.25, 0.3) is 0 Å². The molecule has 0 aliphatic rings. The average Bonchev–Trinajstić information content (AvgIpc) is 2.77. The van der Waals surface area contributed by atoms with Gasteiger partial charge in [-0.05, 0) is 32.0 Å². The van der Waals surface area contributed by atoms with Crippen LogP contribution in [0, 0.1) is 6.92 Å². The lowest BCUT2D eigenvalue weighted by atomic mass is 10.1. The van der Waals surface area contributed by atoms with Gasteiger partial charge in [0.15, 0.2) is 0 Å². The Morgan fingerprint density at radius 3 is 2.84 bits per heavy atom. The van der Waals surface area contributed by atoms with Crippen molar-refractivity contribution >= 4 is 39.7 Å². The van der Waals surface area contributed by atoms with Gasteiger partial charge in [0.05, 0.1) is 5.56 Å². The lowest BCUT2D eigenvalue weighted by Crippen LogP contribution is -2.14. The minimum atomic E-state index is -0.255. The zero-order valence-electron chi connectivity index (χ0n) is 10.5. The van der Waals surface area contributed by atoms with E-state index >= 15 is 0 Å². The molecule has 0 spiro atoms. The molecule has 1 amide bonds. The summed E-state index contributed by atoms with van der Waals surface area (Å²) >= 11 is 7.26. The molecule has 5 nitrogen and oxygen atoms in total.